The Kier molecular flexibility index (Phi) is 5.36. The number of hydrogen-bond donors (Lipinski definition) is 1. The van der Waals surface area contributed by atoms with Crippen molar-refractivity contribution in [2.45, 2.75) is 31.9 Å². The van der Waals surface area contributed by atoms with Gasteiger partial charge in [0, 0.05) is 24.7 Å². The first-order valence-corrected chi connectivity index (χ1v) is 8.54. The summed E-state index contributed by atoms with van der Waals surface area (Å²) in [6.45, 7) is 2.34. The van der Waals surface area contributed by atoms with Gasteiger partial charge in [-0.25, -0.2) is 4.98 Å². The highest BCUT2D eigenvalue weighted by Crippen LogP contribution is 2.35. The summed E-state index contributed by atoms with van der Waals surface area (Å²) in [7, 11) is 0. The van der Waals surface area contributed by atoms with Crippen LogP contribution in [0, 0.1) is 0 Å². The van der Waals surface area contributed by atoms with E-state index < -0.39 is 12.0 Å². The van der Waals surface area contributed by atoms with Gasteiger partial charge in [-0.15, -0.1) is 13.2 Å². The van der Waals surface area contributed by atoms with Crippen LogP contribution in [0.25, 0.3) is 0 Å². The number of hydrogen-bond acceptors (Lipinski definition) is 5. The molecule has 0 amide bonds. The Labute approximate surface area is 159 Å². The number of nitrogens with zero attached hydrogens (tertiary/aromatic N) is 3. The number of rotatable bonds is 6. The maximum atomic E-state index is 12.2. The van der Waals surface area contributed by atoms with Crippen LogP contribution < -0.4 is 10.1 Å². The minimum atomic E-state index is -4.71. The normalized spacial score (nSPS) is 15.1. The molecule has 0 saturated heterocycles. The van der Waals surface area contributed by atoms with Gasteiger partial charge in [-0.05, 0) is 42.3 Å². The van der Waals surface area contributed by atoms with Crippen LogP contribution in [0.2, 0.25) is 5.15 Å². The second-order valence-corrected chi connectivity index (χ2v) is 6.18. The number of halogens is 4. The lowest BCUT2D eigenvalue weighted by atomic mass is 9.99. The van der Waals surface area contributed by atoms with Crippen LogP contribution in [-0.4, -0.2) is 23.8 Å². The number of alkyl halides is 3. The van der Waals surface area contributed by atoms with E-state index in [4.69, 9.17) is 11.6 Å². The molecule has 1 aliphatic rings. The summed E-state index contributed by atoms with van der Waals surface area (Å²) in [5.74, 6) is -0.276. The molecule has 1 aromatic carbocycles. The van der Waals surface area contributed by atoms with E-state index in [2.05, 4.69) is 25.0 Å². The fourth-order valence-electron chi connectivity index (χ4n) is 2.74. The molecule has 27 heavy (non-hydrogen) atoms. The Bertz CT molecular complexity index is 854. The fraction of sp³-hybridized carbons (Fsp3) is 0.278. The zero-order valence-corrected chi connectivity index (χ0v) is 15.1. The fourth-order valence-corrected chi connectivity index (χ4v) is 2.89. The second kappa shape index (κ2) is 7.56. The standard InChI is InChI=1S/C18H16ClF3N4O/c1-2-17(24-9-10-25-17)16-12(3-8-15(19)26-16)11-23-13-4-6-14(7-5-13)27-18(20,21)22/h3-10,23H,2,11H2,1H3. The average molecular weight is 397 g/mol. The van der Waals surface area contributed by atoms with E-state index in [0.717, 1.165) is 5.56 Å². The lowest BCUT2D eigenvalue weighted by molar-refractivity contribution is -0.274. The Hall–Kier alpha value is -2.61. The summed E-state index contributed by atoms with van der Waals surface area (Å²) in [6.07, 6.45) is -0.842. The van der Waals surface area contributed by atoms with Crippen molar-refractivity contribution in [2.24, 2.45) is 9.98 Å². The molecule has 0 atom stereocenters. The first-order valence-electron chi connectivity index (χ1n) is 8.16. The van der Waals surface area contributed by atoms with Crippen LogP contribution in [0.5, 0.6) is 5.75 Å². The minimum absolute atomic E-state index is 0.276. The first-order chi connectivity index (χ1) is 12.8. The number of aromatic nitrogens is 1. The second-order valence-electron chi connectivity index (χ2n) is 5.79. The van der Waals surface area contributed by atoms with Gasteiger partial charge in [0.1, 0.15) is 10.9 Å². The molecule has 2 aromatic rings. The third-order valence-electron chi connectivity index (χ3n) is 4.03. The largest absolute Gasteiger partial charge is 0.573 e. The minimum Gasteiger partial charge on any atom is -0.406 e. The van der Waals surface area contributed by atoms with Crippen LogP contribution >= 0.6 is 11.6 Å². The summed E-state index contributed by atoms with van der Waals surface area (Å²) < 4.78 is 40.5. The monoisotopic (exact) mass is 396 g/mol. The zero-order chi connectivity index (χ0) is 19.5. The molecule has 2 heterocycles. The van der Waals surface area contributed by atoms with Crippen molar-refractivity contribution in [3.63, 3.8) is 0 Å². The topological polar surface area (TPSA) is 58.9 Å². The van der Waals surface area contributed by atoms with Crippen LogP contribution in [0.15, 0.2) is 46.4 Å². The number of anilines is 1. The molecule has 1 aromatic heterocycles. The first kappa shape index (κ1) is 19.2. The van der Waals surface area contributed by atoms with E-state index in [1.54, 1.807) is 18.5 Å². The van der Waals surface area contributed by atoms with E-state index in [1.807, 2.05) is 13.0 Å². The molecule has 142 valence electrons. The van der Waals surface area contributed by atoms with Crippen molar-refractivity contribution in [3.05, 3.63) is 52.8 Å². The molecular weight excluding hydrogens is 381 g/mol. The SMILES string of the molecule is CCC1(c2nc(Cl)ccc2CNc2ccc(OC(F)(F)F)cc2)N=CC=N1. The van der Waals surface area contributed by atoms with Gasteiger partial charge in [0.2, 0.25) is 0 Å². The van der Waals surface area contributed by atoms with Gasteiger partial charge in [0.05, 0.1) is 5.69 Å². The van der Waals surface area contributed by atoms with Crippen molar-refractivity contribution in [3.8, 4) is 5.75 Å². The molecule has 0 unspecified atom stereocenters. The number of aliphatic imine (C=N–C) groups is 2. The van der Waals surface area contributed by atoms with Gasteiger partial charge in [-0.3, -0.25) is 9.98 Å². The highest BCUT2D eigenvalue weighted by molar-refractivity contribution is 6.29. The van der Waals surface area contributed by atoms with Gasteiger partial charge >= 0.3 is 6.36 Å². The lowest BCUT2D eigenvalue weighted by Crippen LogP contribution is -2.23. The Morgan fingerprint density at radius 3 is 2.33 bits per heavy atom. The summed E-state index contributed by atoms with van der Waals surface area (Å²) in [6, 6.07) is 9.01. The van der Waals surface area contributed by atoms with Gasteiger partial charge in [-0.1, -0.05) is 24.6 Å². The summed E-state index contributed by atoms with van der Waals surface area (Å²) >= 11 is 6.06. The Balaban J connectivity index is 1.77. The molecule has 0 aliphatic carbocycles. The maximum Gasteiger partial charge on any atom is 0.573 e. The van der Waals surface area contributed by atoms with E-state index >= 15 is 0 Å². The average Bonchev–Trinajstić information content (AvgIpc) is 3.11. The van der Waals surface area contributed by atoms with E-state index in [9.17, 15) is 13.2 Å². The zero-order valence-electron chi connectivity index (χ0n) is 14.3. The quantitative estimate of drug-likeness (QED) is 0.702. The van der Waals surface area contributed by atoms with E-state index in [0.29, 0.717) is 29.5 Å². The molecule has 0 radical (unpaired) electrons. The third-order valence-corrected chi connectivity index (χ3v) is 4.24. The molecule has 0 saturated carbocycles. The van der Waals surface area contributed by atoms with Gasteiger partial charge in [0.15, 0.2) is 5.66 Å². The Morgan fingerprint density at radius 1 is 1.07 bits per heavy atom. The predicted molar refractivity (Wildman–Crippen MR) is 98.7 cm³/mol. The van der Waals surface area contributed by atoms with Crippen molar-refractivity contribution < 1.29 is 17.9 Å². The molecule has 5 nitrogen and oxygen atoms in total. The molecule has 0 bridgehead atoms. The number of nitrogens with one attached hydrogen (secondary N) is 1. The van der Waals surface area contributed by atoms with Crippen LogP contribution in [-0.2, 0) is 12.2 Å². The smallest absolute Gasteiger partial charge is 0.406 e. The molecular formula is C18H16ClF3N4O. The van der Waals surface area contributed by atoms with E-state index in [-0.39, 0.29) is 5.75 Å². The number of pyridine rings is 1. The van der Waals surface area contributed by atoms with Gasteiger partial charge in [-0.2, -0.15) is 0 Å². The highest BCUT2D eigenvalue weighted by Gasteiger charge is 2.34. The summed E-state index contributed by atoms with van der Waals surface area (Å²) in [5, 5.41) is 3.49. The highest BCUT2D eigenvalue weighted by atomic mass is 35.5. The number of ether oxygens (including phenoxy) is 1. The van der Waals surface area contributed by atoms with Crippen LogP contribution in [0.3, 0.4) is 0 Å². The van der Waals surface area contributed by atoms with Crippen molar-refractivity contribution >= 4 is 29.7 Å². The van der Waals surface area contributed by atoms with Crippen LogP contribution in [0.1, 0.15) is 24.6 Å². The molecule has 1 N–H and O–H groups in total. The number of benzene rings is 1. The van der Waals surface area contributed by atoms with Gasteiger partial charge in [0.25, 0.3) is 0 Å². The Morgan fingerprint density at radius 2 is 1.74 bits per heavy atom. The molecule has 9 heteroatoms. The van der Waals surface area contributed by atoms with Gasteiger partial charge < -0.3 is 10.1 Å². The van der Waals surface area contributed by atoms with Crippen molar-refractivity contribution in [1.82, 2.24) is 4.98 Å². The van der Waals surface area contributed by atoms with Crippen LogP contribution in [0.4, 0.5) is 18.9 Å². The lowest BCUT2D eigenvalue weighted by Gasteiger charge is -2.24. The molecule has 0 spiro atoms. The summed E-state index contributed by atoms with van der Waals surface area (Å²) in [4.78, 5) is 13.3. The third kappa shape index (κ3) is 4.57. The molecule has 1 aliphatic heterocycles. The van der Waals surface area contributed by atoms with Crippen molar-refractivity contribution in [1.29, 1.82) is 0 Å². The predicted octanol–water partition coefficient (Wildman–Crippen LogP) is 4.96. The van der Waals surface area contributed by atoms with E-state index in [1.165, 1.54) is 24.3 Å². The molecule has 0 fully saturated rings. The summed E-state index contributed by atoms with van der Waals surface area (Å²) in [5.41, 5.74) is 1.32. The van der Waals surface area contributed by atoms with Crippen molar-refractivity contribution in [2.75, 3.05) is 5.32 Å². The molecule has 3 rings (SSSR count). The maximum absolute atomic E-state index is 12.2.